The zero-order valence-corrected chi connectivity index (χ0v) is 15.2. The van der Waals surface area contributed by atoms with Crippen LogP contribution in [-0.4, -0.2) is 54.5 Å². The number of likely N-dealkylation sites (tertiary alicyclic amines) is 1. The smallest absolute Gasteiger partial charge is 0.318 e. The fraction of sp³-hybridized carbons (Fsp3) is 0.579. The molecule has 0 radical (unpaired) electrons. The van der Waals surface area contributed by atoms with Gasteiger partial charge in [0.05, 0.1) is 13.2 Å². The van der Waals surface area contributed by atoms with Crippen molar-refractivity contribution >= 4 is 6.01 Å². The highest BCUT2D eigenvalue weighted by molar-refractivity contribution is 5.26. The molecular formula is C19H25FN4O2. The highest BCUT2D eigenvalue weighted by Gasteiger charge is 2.40. The zero-order valence-electron chi connectivity index (χ0n) is 15.2. The summed E-state index contributed by atoms with van der Waals surface area (Å²) in [5, 5.41) is 8.15. The van der Waals surface area contributed by atoms with Crippen LogP contribution < -0.4 is 4.90 Å². The molecule has 26 heavy (non-hydrogen) atoms. The molecule has 0 N–H and O–H groups in total. The maximum atomic E-state index is 13.1. The summed E-state index contributed by atoms with van der Waals surface area (Å²) in [6, 6.07) is 7.39. The van der Waals surface area contributed by atoms with E-state index in [9.17, 15) is 4.39 Å². The van der Waals surface area contributed by atoms with Crippen LogP contribution in [0.2, 0.25) is 0 Å². The topological polar surface area (TPSA) is 54.6 Å². The molecule has 0 aliphatic carbocycles. The van der Waals surface area contributed by atoms with Crippen LogP contribution in [0.25, 0.3) is 0 Å². The fourth-order valence-electron chi connectivity index (χ4n) is 4.11. The predicted octanol–water partition coefficient (Wildman–Crippen LogP) is 2.64. The number of benzene rings is 1. The fourth-order valence-corrected chi connectivity index (χ4v) is 4.11. The molecule has 3 heterocycles. The van der Waals surface area contributed by atoms with Gasteiger partial charge in [-0.25, -0.2) is 4.39 Å². The lowest BCUT2D eigenvalue weighted by Gasteiger charge is -2.43. The number of anilines is 1. The molecule has 1 atom stereocenters. The van der Waals surface area contributed by atoms with E-state index in [1.165, 1.54) is 12.1 Å². The van der Waals surface area contributed by atoms with Crippen molar-refractivity contribution in [2.24, 2.45) is 5.41 Å². The van der Waals surface area contributed by atoms with Gasteiger partial charge in [-0.2, -0.15) is 0 Å². The average Bonchev–Trinajstić information content (AvgIpc) is 2.96. The Kier molecular flexibility index (Phi) is 4.91. The lowest BCUT2D eigenvalue weighted by Crippen LogP contribution is -2.50. The molecule has 2 aromatic rings. The van der Waals surface area contributed by atoms with Crippen LogP contribution in [0.3, 0.4) is 0 Å². The highest BCUT2D eigenvalue weighted by atomic mass is 19.1. The zero-order chi connectivity index (χ0) is 18.0. The van der Waals surface area contributed by atoms with Crippen molar-refractivity contribution in [3.63, 3.8) is 0 Å². The third kappa shape index (κ3) is 3.88. The maximum Gasteiger partial charge on any atom is 0.318 e. The lowest BCUT2D eigenvalue weighted by atomic mass is 9.80. The molecule has 140 valence electrons. The van der Waals surface area contributed by atoms with Gasteiger partial charge < -0.3 is 14.1 Å². The van der Waals surface area contributed by atoms with E-state index in [4.69, 9.17) is 9.15 Å². The van der Waals surface area contributed by atoms with Gasteiger partial charge in [0.25, 0.3) is 0 Å². The van der Waals surface area contributed by atoms with Gasteiger partial charge >= 0.3 is 6.01 Å². The summed E-state index contributed by atoms with van der Waals surface area (Å²) in [6.45, 7) is 7.69. The summed E-state index contributed by atoms with van der Waals surface area (Å²) < 4.78 is 24.7. The van der Waals surface area contributed by atoms with E-state index in [1.54, 1.807) is 0 Å². The van der Waals surface area contributed by atoms with Gasteiger partial charge in [0.15, 0.2) is 0 Å². The molecule has 1 aromatic heterocycles. The summed E-state index contributed by atoms with van der Waals surface area (Å²) in [6.07, 6.45) is 2.25. The molecule has 2 aliphatic heterocycles. The number of halogens is 1. The van der Waals surface area contributed by atoms with Gasteiger partial charge in [0, 0.05) is 38.5 Å². The van der Waals surface area contributed by atoms with E-state index < -0.39 is 0 Å². The van der Waals surface area contributed by atoms with E-state index in [2.05, 4.69) is 20.0 Å². The average molecular weight is 360 g/mol. The van der Waals surface area contributed by atoms with Crippen LogP contribution in [-0.2, 0) is 11.3 Å². The van der Waals surface area contributed by atoms with Crippen LogP contribution in [0.15, 0.2) is 28.7 Å². The SMILES string of the molecule is Cc1nnc(N2CCOC[C@@]3(CCCN(Cc4ccc(F)cc4)C3)C2)o1. The maximum absolute atomic E-state index is 13.1. The van der Waals surface area contributed by atoms with Crippen LogP contribution in [0.4, 0.5) is 10.4 Å². The van der Waals surface area contributed by atoms with Crippen LogP contribution in [0.5, 0.6) is 0 Å². The Hall–Kier alpha value is -1.99. The Morgan fingerprint density at radius 3 is 2.77 bits per heavy atom. The number of nitrogens with zero attached hydrogens (tertiary/aromatic N) is 4. The number of aromatic nitrogens is 2. The minimum atomic E-state index is -0.188. The first kappa shape index (κ1) is 17.4. The summed E-state index contributed by atoms with van der Waals surface area (Å²) in [5.74, 6) is 0.396. The summed E-state index contributed by atoms with van der Waals surface area (Å²) in [5.41, 5.74) is 1.19. The quantitative estimate of drug-likeness (QED) is 0.839. The molecule has 0 saturated carbocycles. The molecule has 0 bridgehead atoms. The molecule has 7 heteroatoms. The van der Waals surface area contributed by atoms with Gasteiger partial charge in [-0.05, 0) is 37.1 Å². The first-order valence-corrected chi connectivity index (χ1v) is 9.22. The third-order valence-corrected chi connectivity index (χ3v) is 5.29. The Bertz CT molecular complexity index is 735. The minimum Gasteiger partial charge on any atom is -0.408 e. The van der Waals surface area contributed by atoms with Crippen LogP contribution >= 0.6 is 0 Å². The molecule has 2 fully saturated rings. The number of rotatable bonds is 3. The van der Waals surface area contributed by atoms with Crippen molar-refractivity contribution in [1.29, 1.82) is 0 Å². The summed E-state index contributed by atoms with van der Waals surface area (Å²) in [4.78, 5) is 4.61. The van der Waals surface area contributed by atoms with Crippen molar-refractivity contribution < 1.29 is 13.5 Å². The second-order valence-electron chi connectivity index (χ2n) is 7.52. The third-order valence-electron chi connectivity index (χ3n) is 5.29. The van der Waals surface area contributed by atoms with Crippen molar-refractivity contribution in [1.82, 2.24) is 15.1 Å². The van der Waals surface area contributed by atoms with Crippen molar-refractivity contribution in [3.8, 4) is 0 Å². The molecule has 2 saturated heterocycles. The minimum absolute atomic E-state index is 0.0527. The van der Waals surface area contributed by atoms with Gasteiger partial charge in [-0.1, -0.05) is 17.2 Å². The normalized spacial score (nSPS) is 24.8. The predicted molar refractivity (Wildman–Crippen MR) is 95.4 cm³/mol. The number of aryl methyl sites for hydroxylation is 1. The van der Waals surface area contributed by atoms with Crippen molar-refractivity contribution in [2.75, 3.05) is 44.3 Å². The molecule has 2 aliphatic rings. The van der Waals surface area contributed by atoms with Crippen LogP contribution in [0, 0.1) is 18.2 Å². The monoisotopic (exact) mass is 360 g/mol. The molecular weight excluding hydrogens is 335 g/mol. The Balaban J connectivity index is 1.47. The molecule has 0 amide bonds. The number of piperidine rings is 1. The molecule has 4 rings (SSSR count). The second kappa shape index (κ2) is 7.32. The van der Waals surface area contributed by atoms with E-state index >= 15 is 0 Å². The first-order valence-electron chi connectivity index (χ1n) is 9.22. The number of hydrogen-bond donors (Lipinski definition) is 0. The molecule has 6 nitrogen and oxygen atoms in total. The van der Waals surface area contributed by atoms with Crippen LogP contribution in [0.1, 0.15) is 24.3 Å². The highest BCUT2D eigenvalue weighted by Crippen LogP contribution is 2.34. The lowest BCUT2D eigenvalue weighted by molar-refractivity contribution is 0.0105. The summed E-state index contributed by atoms with van der Waals surface area (Å²) >= 11 is 0. The van der Waals surface area contributed by atoms with Gasteiger partial charge in [-0.3, -0.25) is 4.90 Å². The molecule has 1 aromatic carbocycles. The molecule has 0 unspecified atom stereocenters. The van der Waals surface area contributed by atoms with Gasteiger partial charge in [0.2, 0.25) is 5.89 Å². The molecule has 1 spiro atoms. The summed E-state index contributed by atoms with van der Waals surface area (Å²) in [7, 11) is 0. The van der Waals surface area contributed by atoms with E-state index in [0.717, 1.165) is 57.7 Å². The van der Waals surface area contributed by atoms with Gasteiger partial charge in [0.1, 0.15) is 5.82 Å². The number of ether oxygens (including phenoxy) is 1. The van der Waals surface area contributed by atoms with E-state index in [-0.39, 0.29) is 11.2 Å². The van der Waals surface area contributed by atoms with Crippen molar-refractivity contribution in [3.05, 3.63) is 41.5 Å². The van der Waals surface area contributed by atoms with Gasteiger partial charge in [-0.15, -0.1) is 5.10 Å². The van der Waals surface area contributed by atoms with E-state index in [0.29, 0.717) is 18.5 Å². The van der Waals surface area contributed by atoms with Crippen molar-refractivity contribution in [2.45, 2.75) is 26.3 Å². The second-order valence-corrected chi connectivity index (χ2v) is 7.52. The Morgan fingerprint density at radius 1 is 1.15 bits per heavy atom. The Labute approximate surface area is 152 Å². The Morgan fingerprint density at radius 2 is 2.00 bits per heavy atom. The largest absolute Gasteiger partial charge is 0.408 e. The number of hydrogen-bond acceptors (Lipinski definition) is 6. The van der Waals surface area contributed by atoms with E-state index in [1.807, 2.05) is 19.1 Å². The standard InChI is InChI=1S/C19H25FN4O2/c1-15-21-22-18(26-15)24-9-10-25-14-19(13-24)7-2-8-23(12-19)11-16-3-5-17(20)6-4-16/h3-6H,2,7-14H2,1H3/t19-/m1/s1. The first-order chi connectivity index (χ1) is 12.6.